The molecule has 0 aromatic rings. The second-order valence-corrected chi connectivity index (χ2v) is 10.2. The molecule has 0 aromatic carbocycles. The fraction of sp³-hybridized carbons (Fsp3) is 0.917. The van der Waals surface area contributed by atoms with E-state index >= 15 is 0 Å². The van der Waals surface area contributed by atoms with Gasteiger partial charge in [0.05, 0.1) is 5.60 Å². The lowest BCUT2D eigenvalue weighted by Gasteiger charge is -2.42. The van der Waals surface area contributed by atoms with Gasteiger partial charge >= 0.3 is 5.97 Å². The number of Topliss-reactive ketones (excluding diaryl/α,β-unsaturated/α-hetero) is 1. The number of carbonyl (C=O) groups excluding carboxylic acids is 2. The van der Waals surface area contributed by atoms with E-state index in [-0.39, 0.29) is 23.7 Å². The van der Waals surface area contributed by atoms with E-state index in [4.69, 9.17) is 9.47 Å². The number of methoxy groups -OCH3 is 1. The van der Waals surface area contributed by atoms with E-state index in [2.05, 4.69) is 6.92 Å². The molecule has 9 atom stereocenters. The first-order chi connectivity index (χ1) is 14.1. The fourth-order valence-electron chi connectivity index (χ4n) is 4.93. The van der Waals surface area contributed by atoms with E-state index in [0.717, 1.165) is 0 Å². The van der Waals surface area contributed by atoms with Crippen LogP contribution < -0.4 is 0 Å². The Balaban J connectivity index is 3.43. The third kappa shape index (κ3) is 6.06. The Morgan fingerprint density at radius 3 is 2.19 bits per heavy atom. The standard InChI is InChI=1S/C24H45NO6/c1-11-19-24(8,29)21(27)18(6)25(9)13-14(2)12-23(7,30-10)17(5)15(3)20(26)16(4)22(28)31-19/h14-19,21,27,29H,11-13H2,1-10H3/t14-,15?,16-,17-,18-,19-,21-,23-,24-/m1/s1. The van der Waals surface area contributed by atoms with Crippen LogP contribution in [0.3, 0.4) is 0 Å². The normalized spacial score (nSPS) is 45.0. The topological polar surface area (TPSA) is 96.3 Å². The van der Waals surface area contributed by atoms with Gasteiger partial charge in [0, 0.05) is 25.6 Å². The van der Waals surface area contributed by atoms with Gasteiger partial charge in [-0.2, -0.15) is 0 Å². The van der Waals surface area contributed by atoms with E-state index in [9.17, 15) is 19.8 Å². The van der Waals surface area contributed by atoms with Gasteiger partial charge in [0.2, 0.25) is 0 Å². The molecule has 1 aliphatic heterocycles. The van der Waals surface area contributed by atoms with E-state index < -0.39 is 41.2 Å². The summed E-state index contributed by atoms with van der Waals surface area (Å²) in [6, 6.07) is -0.375. The minimum Gasteiger partial charge on any atom is -0.459 e. The summed E-state index contributed by atoms with van der Waals surface area (Å²) in [5.41, 5.74) is -2.22. The molecule has 0 aliphatic carbocycles. The monoisotopic (exact) mass is 443 g/mol. The summed E-state index contributed by atoms with van der Waals surface area (Å²) in [7, 11) is 3.57. The van der Waals surface area contributed by atoms with Crippen LogP contribution in [0.1, 0.15) is 68.2 Å². The number of ketones is 1. The molecular formula is C24H45NO6. The van der Waals surface area contributed by atoms with Crippen LogP contribution in [0.25, 0.3) is 0 Å². The van der Waals surface area contributed by atoms with Crippen LogP contribution in [-0.2, 0) is 19.1 Å². The van der Waals surface area contributed by atoms with Crippen molar-refractivity contribution in [2.75, 3.05) is 20.7 Å². The number of nitrogens with zero attached hydrogens (tertiary/aromatic N) is 1. The minimum absolute atomic E-state index is 0.119. The van der Waals surface area contributed by atoms with Gasteiger partial charge < -0.3 is 24.6 Å². The van der Waals surface area contributed by atoms with E-state index in [1.165, 1.54) is 6.92 Å². The quantitative estimate of drug-likeness (QED) is 0.500. The van der Waals surface area contributed by atoms with Crippen LogP contribution in [0.5, 0.6) is 0 Å². The Morgan fingerprint density at radius 1 is 1.16 bits per heavy atom. The van der Waals surface area contributed by atoms with Crippen LogP contribution in [0, 0.1) is 23.7 Å². The molecule has 0 radical (unpaired) electrons. The number of esters is 1. The molecule has 1 saturated heterocycles. The zero-order chi connectivity index (χ0) is 24.3. The summed E-state index contributed by atoms with van der Waals surface area (Å²) in [5.74, 6) is -2.17. The highest BCUT2D eigenvalue weighted by molar-refractivity contribution is 5.99. The van der Waals surface area contributed by atoms with Crippen molar-refractivity contribution in [2.45, 2.75) is 97.7 Å². The number of aliphatic hydroxyl groups excluding tert-OH is 1. The second kappa shape index (κ2) is 10.7. The SMILES string of the molecule is CC[C@H]1OC(=O)[C@H](C)C(=O)C(C)[C@@H](C)[C@](C)(OC)C[C@@H](C)CN(C)[C@H](C)[C@@H](O)[C@]1(C)O. The first-order valence-corrected chi connectivity index (χ1v) is 11.5. The van der Waals surface area contributed by atoms with Crippen LogP contribution in [0.2, 0.25) is 0 Å². The molecule has 0 spiro atoms. The largest absolute Gasteiger partial charge is 0.459 e. The Bertz CT molecular complexity index is 623. The molecule has 7 nitrogen and oxygen atoms in total. The summed E-state index contributed by atoms with van der Waals surface area (Å²) in [4.78, 5) is 28.0. The number of rotatable bonds is 2. The van der Waals surface area contributed by atoms with E-state index in [1.807, 2.05) is 39.6 Å². The maximum absolute atomic E-state index is 13.1. The summed E-state index contributed by atoms with van der Waals surface area (Å²) >= 11 is 0. The molecule has 2 N–H and O–H groups in total. The summed E-state index contributed by atoms with van der Waals surface area (Å²) in [5, 5.41) is 22.1. The first kappa shape index (κ1) is 28.0. The zero-order valence-corrected chi connectivity index (χ0v) is 21.1. The molecule has 1 rings (SSSR count). The number of likely N-dealkylation sites (N-methyl/N-ethyl adjacent to an activating group) is 1. The number of hydrogen-bond acceptors (Lipinski definition) is 7. The van der Waals surface area contributed by atoms with Crippen LogP contribution in [-0.4, -0.2) is 77.0 Å². The second-order valence-electron chi connectivity index (χ2n) is 10.2. The summed E-state index contributed by atoms with van der Waals surface area (Å²) < 4.78 is 11.5. The number of aliphatic hydroxyl groups is 2. The van der Waals surface area contributed by atoms with Crippen molar-refractivity contribution in [3.63, 3.8) is 0 Å². The van der Waals surface area contributed by atoms with Crippen LogP contribution in [0.15, 0.2) is 0 Å². The number of hydrogen-bond donors (Lipinski definition) is 2. The number of carbonyl (C=O) groups is 2. The lowest BCUT2D eigenvalue weighted by atomic mass is 9.73. The van der Waals surface area contributed by atoms with Crippen molar-refractivity contribution in [2.24, 2.45) is 23.7 Å². The van der Waals surface area contributed by atoms with Gasteiger partial charge in [0.1, 0.15) is 29.5 Å². The maximum atomic E-state index is 13.1. The predicted octanol–water partition coefficient (Wildman–Crippen LogP) is 2.66. The molecule has 1 aliphatic rings. The Morgan fingerprint density at radius 2 is 1.71 bits per heavy atom. The van der Waals surface area contributed by atoms with Crippen molar-refractivity contribution in [1.82, 2.24) is 4.90 Å². The highest BCUT2D eigenvalue weighted by Gasteiger charge is 2.46. The molecule has 0 aromatic heterocycles. The van der Waals surface area contributed by atoms with Crippen molar-refractivity contribution in [3.8, 4) is 0 Å². The predicted molar refractivity (Wildman–Crippen MR) is 121 cm³/mol. The lowest BCUT2D eigenvalue weighted by molar-refractivity contribution is -0.189. The summed E-state index contributed by atoms with van der Waals surface area (Å²) in [6.45, 7) is 15.3. The first-order valence-electron chi connectivity index (χ1n) is 11.5. The molecule has 1 heterocycles. The van der Waals surface area contributed by atoms with Gasteiger partial charge in [-0.3, -0.25) is 9.59 Å². The molecule has 31 heavy (non-hydrogen) atoms. The third-order valence-corrected chi connectivity index (χ3v) is 7.79. The molecule has 182 valence electrons. The smallest absolute Gasteiger partial charge is 0.316 e. The van der Waals surface area contributed by atoms with Gasteiger partial charge in [-0.1, -0.05) is 27.7 Å². The van der Waals surface area contributed by atoms with Crippen LogP contribution >= 0.6 is 0 Å². The molecule has 1 unspecified atom stereocenters. The molecule has 0 bridgehead atoms. The van der Waals surface area contributed by atoms with Gasteiger partial charge in [-0.25, -0.2) is 0 Å². The maximum Gasteiger partial charge on any atom is 0.316 e. The molecular weight excluding hydrogens is 398 g/mol. The minimum atomic E-state index is -1.66. The third-order valence-electron chi connectivity index (χ3n) is 7.79. The number of cyclic esters (lactones) is 1. The average molecular weight is 444 g/mol. The Hall–Kier alpha value is -1.02. The van der Waals surface area contributed by atoms with Crippen molar-refractivity contribution < 1.29 is 29.3 Å². The van der Waals surface area contributed by atoms with Gasteiger partial charge in [-0.15, -0.1) is 0 Å². The Labute approximate surface area is 188 Å². The Kier molecular flexibility index (Phi) is 9.70. The van der Waals surface area contributed by atoms with Crippen molar-refractivity contribution in [3.05, 3.63) is 0 Å². The van der Waals surface area contributed by atoms with Crippen molar-refractivity contribution >= 4 is 11.8 Å². The van der Waals surface area contributed by atoms with Crippen LogP contribution in [0.4, 0.5) is 0 Å². The zero-order valence-electron chi connectivity index (χ0n) is 21.1. The van der Waals surface area contributed by atoms with Gasteiger partial charge in [0.15, 0.2) is 0 Å². The van der Waals surface area contributed by atoms with Crippen molar-refractivity contribution in [1.29, 1.82) is 0 Å². The fourth-order valence-corrected chi connectivity index (χ4v) is 4.93. The van der Waals surface area contributed by atoms with E-state index in [1.54, 1.807) is 21.0 Å². The average Bonchev–Trinajstić information content (AvgIpc) is 2.72. The highest BCUT2D eigenvalue weighted by atomic mass is 16.6. The molecule has 0 saturated carbocycles. The molecule has 1 fully saturated rings. The number of ether oxygens (including phenoxy) is 2. The summed E-state index contributed by atoms with van der Waals surface area (Å²) in [6.07, 6.45) is -1.05. The lowest BCUT2D eigenvalue weighted by Crippen LogP contribution is -2.59. The van der Waals surface area contributed by atoms with Gasteiger partial charge in [0.25, 0.3) is 0 Å². The molecule has 7 heteroatoms. The highest BCUT2D eigenvalue weighted by Crippen LogP contribution is 2.36. The van der Waals surface area contributed by atoms with E-state index in [0.29, 0.717) is 19.4 Å². The molecule has 0 amide bonds. The van der Waals surface area contributed by atoms with Gasteiger partial charge in [-0.05, 0) is 59.4 Å².